The fourth-order valence-electron chi connectivity index (χ4n) is 4.14. The highest BCUT2D eigenvalue weighted by atomic mass is 35.5. The van der Waals surface area contributed by atoms with Crippen LogP contribution in [0.2, 0.25) is 0 Å². The van der Waals surface area contributed by atoms with Gasteiger partial charge in [0, 0.05) is 5.56 Å². The molecule has 0 amide bonds. The van der Waals surface area contributed by atoms with Gasteiger partial charge < -0.3 is 4.74 Å². The van der Waals surface area contributed by atoms with Gasteiger partial charge in [0.05, 0.1) is 5.92 Å². The summed E-state index contributed by atoms with van der Waals surface area (Å²) in [5.41, 5.74) is 2.53. The number of hydrogen-bond donors (Lipinski definition) is 0. The SMILES string of the molecule is Cc1c(-c2ccccc2)cccc1C(C#N)OC(=O)C1CC(C=C(Cl)C(F)(F)F)C1(C)C. The van der Waals surface area contributed by atoms with Crippen molar-refractivity contribution in [1.82, 2.24) is 0 Å². The van der Waals surface area contributed by atoms with Crippen molar-refractivity contribution in [3.05, 3.63) is 70.8 Å². The van der Waals surface area contributed by atoms with Crippen molar-refractivity contribution < 1.29 is 22.7 Å². The van der Waals surface area contributed by atoms with E-state index in [0.29, 0.717) is 5.56 Å². The minimum absolute atomic E-state index is 0.180. The van der Waals surface area contributed by atoms with Crippen LogP contribution in [0.15, 0.2) is 59.6 Å². The summed E-state index contributed by atoms with van der Waals surface area (Å²) < 4.78 is 43.8. The first-order chi connectivity index (χ1) is 15.0. The number of esters is 1. The van der Waals surface area contributed by atoms with Crippen LogP contribution in [0, 0.1) is 35.5 Å². The van der Waals surface area contributed by atoms with Crippen molar-refractivity contribution in [2.24, 2.45) is 17.3 Å². The second kappa shape index (κ2) is 8.99. The summed E-state index contributed by atoms with van der Waals surface area (Å²) >= 11 is 5.37. The zero-order chi connectivity index (χ0) is 23.7. The molecule has 0 aromatic heterocycles. The van der Waals surface area contributed by atoms with Crippen LogP contribution in [-0.2, 0) is 9.53 Å². The number of nitriles is 1. The summed E-state index contributed by atoms with van der Waals surface area (Å²) in [6.45, 7) is 5.27. The van der Waals surface area contributed by atoms with Gasteiger partial charge in [0.1, 0.15) is 11.1 Å². The highest BCUT2D eigenvalue weighted by Crippen LogP contribution is 2.54. The molecule has 0 saturated heterocycles. The number of halogens is 4. The summed E-state index contributed by atoms with van der Waals surface area (Å²) in [6.07, 6.45) is -4.59. The molecule has 0 radical (unpaired) electrons. The van der Waals surface area contributed by atoms with Crippen molar-refractivity contribution in [3.63, 3.8) is 0 Å². The van der Waals surface area contributed by atoms with Crippen LogP contribution in [0.4, 0.5) is 13.2 Å². The van der Waals surface area contributed by atoms with Crippen LogP contribution in [0.1, 0.15) is 37.5 Å². The maximum absolute atomic E-state index is 12.8. The molecule has 168 valence electrons. The fourth-order valence-corrected chi connectivity index (χ4v) is 4.29. The number of nitrogens with zero attached hydrogens (tertiary/aromatic N) is 1. The average Bonchev–Trinajstić information content (AvgIpc) is 2.74. The van der Waals surface area contributed by atoms with E-state index >= 15 is 0 Å². The number of rotatable bonds is 5. The van der Waals surface area contributed by atoms with E-state index in [1.165, 1.54) is 0 Å². The van der Waals surface area contributed by atoms with E-state index in [0.717, 1.165) is 22.8 Å². The van der Waals surface area contributed by atoms with Crippen LogP contribution < -0.4 is 0 Å². The summed E-state index contributed by atoms with van der Waals surface area (Å²) in [7, 11) is 0. The van der Waals surface area contributed by atoms with Crippen molar-refractivity contribution >= 4 is 17.6 Å². The van der Waals surface area contributed by atoms with E-state index in [1.807, 2.05) is 49.4 Å². The summed E-state index contributed by atoms with van der Waals surface area (Å²) in [6, 6.07) is 17.2. The van der Waals surface area contributed by atoms with E-state index < -0.39 is 40.5 Å². The number of ether oxygens (including phenoxy) is 1. The van der Waals surface area contributed by atoms with Crippen LogP contribution >= 0.6 is 11.6 Å². The molecular weight excluding hydrogens is 439 g/mol. The highest BCUT2D eigenvalue weighted by Gasteiger charge is 2.53. The Bertz CT molecular complexity index is 1070. The normalized spacial score (nSPS) is 21.2. The van der Waals surface area contributed by atoms with Crippen LogP contribution in [0.3, 0.4) is 0 Å². The van der Waals surface area contributed by atoms with Gasteiger partial charge in [-0.2, -0.15) is 18.4 Å². The van der Waals surface area contributed by atoms with E-state index in [2.05, 4.69) is 0 Å². The average molecular weight is 462 g/mol. The van der Waals surface area contributed by atoms with Gasteiger partial charge in [-0.1, -0.05) is 80.1 Å². The molecule has 1 aliphatic rings. The van der Waals surface area contributed by atoms with Crippen molar-refractivity contribution in [2.45, 2.75) is 39.5 Å². The lowest BCUT2D eigenvalue weighted by molar-refractivity contribution is -0.166. The molecule has 0 heterocycles. The molecule has 3 nitrogen and oxygen atoms in total. The van der Waals surface area contributed by atoms with Gasteiger partial charge >= 0.3 is 12.1 Å². The zero-order valence-corrected chi connectivity index (χ0v) is 18.7. The monoisotopic (exact) mass is 461 g/mol. The highest BCUT2D eigenvalue weighted by molar-refractivity contribution is 6.30. The molecule has 3 rings (SSSR count). The topological polar surface area (TPSA) is 50.1 Å². The van der Waals surface area contributed by atoms with E-state index in [4.69, 9.17) is 16.3 Å². The second-order valence-corrected chi connectivity index (χ2v) is 8.97. The lowest BCUT2D eigenvalue weighted by Gasteiger charge is -2.49. The van der Waals surface area contributed by atoms with Gasteiger partial charge in [-0.25, -0.2) is 0 Å². The van der Waals surface area contributed by atoms with Crippen molar-refractivity contribution in [3.8, 4) is 17.2 Å². The maximum atomic E-state index is 12.8. The molecule has 2 aromatic rings. The van der Waals surface area contributed by atoms with Crippen LogP contribution in [-0.4, -0.2) is 12.1 Å². The largest absolute Gasteiger partial charge is 0.442 e. The van der Waals surface area contributed by atoms with Gasteiger partial charge in [0.25, 0.3) is 0 Å². The number of hydrogen-bond acceptors (Lipinski definition) is 3. The number of allylic oxidation sites excluding steroid dienone is 2. The standard InChI is InChI=1S/C25H23ClF3NO2/c1-15-18(16-8-5-4-6-9-16)10-7-11-19(15)21(14-30)32-23(31)20-12-17(24(20,2)3)13-22(26)25(27,28)29/h4-11,13,17,20-21H,12H2,1-3H3. The molecule has 32 heavy (non-hydrogen) atoms. The molecule has 0 spiro atoms. The Balaban J connectivity index is 1.78. The number of benzene rings is 2. The van der Waals surface area contributed by atoms with E-state index in [-0.39, 0.29) is 6.42 Å². The first-order valence-electron chi connectivity index (χ1n) is 10.2. The molecule has 2 aromatic carbocycles. The van der Waals surface area contributed by atoms with Crippen LogP contribution in [0.5, 0.6) is 0 Å². The predicted octanol–water partition coefficient (Wildman–Crippen LogP) is 7.12. The molecule has 0 N–H and O–H groups in total. The Morgan fingerprint density at radius 3 is 2.44 bits per heavy atom. The van der Waals surface area contributed by atoms with Crippen molar-refractivity contribution in [1.29, 1.82) is 5.26 Å². The smallest absolute Gasteiger partial charge is 0.426 e. The lowest BCUT2D eigenvalue weighted by Crippen LogP contribution is -2.49. The summed E-state index contributed by atoms with van der Waals surface area (Å²) in [5.74, 6) is -1.74. The number of alkyl halides is 3. The molecule has 0 aliphatic heterocycles. The van der Waals surface area contributed by atoms with E-state index in [9.17, 15) is 23.2 Å². The Morgan fingerprint density at radius 2 is 1.88 bits per heavy atom. The molecule has 1 aliphatic carbocycles. The molecule has 7 heteroatoms. The molecule has 0 bridgehead atoms. The Labute approximate surface area is 190 Å². The van der Waals surface area contributed by atoms with E-state index in [1.54, 1.807) is 26.0 Å². The maximum Gasteiger partial charge on any atom is 0.426 e. The van der Waals surface area contributed by atoms with Crippen LogP contribution in [0.25, 0.3) is 11.1 Å². The minimum atomic E-state index is -4.61. The Morgan fingerprint density at radius 1 is 1.22 bits per heavy atom. The minimum Gasteiger partial charge on any atom is -0.442 e. The Kier molecular flexibility index (Phi) is 6.71. The Hall–Kier alpha value is -2.78. The molecule has 3 atom stereocenters. The molecule has 1 fully saturated rings. The third kappa shape index (κ3) is 4.68. The predicted molar refractivity (Wildman–Crippen MR) is 116 cm³/mol. The third-order valence-corrected chi connectivity index (χ3v) is 6.68. The number of carbonyl (C=O) groups excluding carboxylic acids is 1. The molecule has 3 unspecified atom stereocenters. The molecular formula is C25H23ClF3NO2. The van der Waals surface area contributed by atoms with Gasteiger partial charge in [-0.3, -0.25) is 4.79 Å². The first kappa shape index (κ1) is 23.9. The fraction of sp³-hybridized carbons (Fsp3) is 0.360. The third-order valence-electron chi connectivity index (χ3n) is 6.34. The van der Waals surface area contributed by atoms with Crippen molar-refractivity contribution in [2.75, 3.05) is 0 Å². The lowest BCUT2D eigenvalue weighted by atomic mass is 9.54. The second-order valence-electron chi connectivity index (χ2n) is 8.56. The van der Waals surface area contributed by atoms with Gasteiger partial charge in [0.2, 0.25) is 6.10 Å². The van der Waals surface area contributed by atoms with Gasteiger partial charge in [-0.15, -0.1) is 0 Å². The van der Waals surface area contributed by atoms with Gasteiger partial charge in [-0.05, 0) is 41.4 Å². The summed E-state index contributed by atoms with van der Waals surface area (Å²) in [4.78, 5) is 12.8. The quantitative estimate of drug-likeness (QED) is 0.445. The molecule has 1 saturated carbocycles. The number of carbonyl (C=O) groups is 1. The summed E-state index contributed by atoms with van der Waals surface area (Å²) in [5, 5.41) is 8.51. The first-order valence-corrected chi connectivity index (χ1v) is 10.5. The zero-order valence-electron chi connectivity index (χ0n) is 17.9. The van der Waals surface area contributed by atoms with Gasteiger partial charge in [0.15, 0.2) is 0 Å².